The smallest absolute Gasteiger partial charge is 0.462 e. The number of H-pyrrole nitrogens is 1. The third-order valence-electron chi connectivity index (χ3n) is 7.56. The zero-order valence-electron chi connectivity index (χ0n) is 24.1. The first-order chi connectivity index (χ1) is 20.1. The summed E-state index contributed by atoms with van der Waals surface area (Å²) in [5.74, 6) is -0.857. The Labute approximate surface area is 244 Å². The predicted molar refractivity (Wildman–Crippen MR) is 159 cm³/mol. The molecule has 0 unspecified atom stereocenters. The molecule has 42 heavy (non-hydrogen) atoms. The van der Waals surface area contributed by atoms with Gasteiger partial charge in [0.1, 0.15) is 18.1 Å². The number of carboxylic acids is 1. The Morgan fingerprint density at radius 3 is 2.60 bits per heavy atom. The molecule has 0 amide bonds. The van der Waals surface area contributed by atoms with Gasteiger partial charge < -0.3 is 20.5 Å². The van der Waals surface area contributed by atoms with E-state index in [9.17, 15) is 24.4 Å². The van der Waals surface area contributed by atoms with Gasteiger partial charge in [0.05, 0.1) is 13.2 Å². The van der Waals surface area contributed by atoms with Crippen molar-refractivity contribution in [2.75, 3.05) is 25.5 Å². The van der Waals surface area contributed by atoms with Gasteiger partial charge in [0.15, 0.2) is 11.2 Å². The third-order valence-corrected chi connectivity index (χ3v) is 9.60. The number of aromatic nitrogens is 4. The number of aliphatic hydroxyl groups excluding tert-OH is 1. The third kappa shape index (κ3) is 6.92. The molecule has 1 saturated carbocycles. The molecule has 0 radical (unpaired) electrons. The van der Waals surface area contributed by atoms with E-state index in [1.165, 1.54) is 22.5 Å². The van der Waals surface area contributed by atoms with Gasteiger partial charge in [-0.3, -0.25) is 23.7 Å². The first kappa shape index (κ1) is 31.4. The number of para-hydroxylation sites is 1. The number of nitrogens with one attached hydrogen (secondary N) is 1. The molecule has 1 fully saturated rings. The maximum Gasteiger partial charge on any atom is 0.462 e. The number of anilines is 1. The first-order valence-electron chi connectivity index (χ1n) is 14.1. The number of imidazole rings is 1. The molecule has 14 heteroatoms. The van der Waals surface area contributed by atoms with E-state index >= 15 is 0 Å². The largest absolute Gasteiger partial charge is 0.480 e. The summed E-state index contributed by atoms with van der Waals surface area (Å²) in [6.45, 7) is 5.26. The summed E-state index contributed by atoms with van der Waals surface area (Å²) in [4.78, 5) is 35.0. The highest BCUT2D eigenvalue weighted by atomic mass is 31.2. The van der Waals surface area contributed by atoms with Crippen LogP contribution in [0, 0.1) is 11.3 Å². The van der Waals surface area contributed by atoms with E-state index in [4.69, 9.17) is 14.8 Å². The molecule has 0 aliphatic heterocycles. The van der Waals surface area contributed by atoms with Crippen molar-refractivity contribution in [1.29, 1.82) is 0 Å². The molecule has 13 nitrogen and oxygen atoms in total. The number of aliphatic hydroxyl groups is 1. The summed E-state index contributed by atoms with van der Waals surface area (Å²) in [6, 6.07) is 7.32. The number of hydrogen-bond donors (Lipinski definition) is 4. The van der Waals surface area contributed by atoms with Gasteiger partial charge in [0, 0.05) is 18.2 Å². The van der Waals surface area contributed by atoms with Crippen LogP contribution in [0.25, 0.3) is 17.4 Å². The highest BCUT2D eigenvalue weighted by Crippen LogP contribution is 2.59. The zero-order valence-corrected chi connectivity index (χ0v) is 25.0. The Bertz CT molecular complexity index is 1520. The van der Waals surface area contributed by atoms with Crippen LogP contribution in [0.1, 0.15) is 52.9 Å². The molecule has 2 heterocycles. The van der Waals surface area contributed by atoms with E-state index in [1.807, 2.05) is 0 Å². The van der Waals surface area contributed by atoms with Gasteiger partial charge in [-0.25, -0.2) is 9.55 Å². The van der Waals surface area contributed by atoms with Crippen LogP contribution in [0.3, 0.4) is 0 Å². The van der Waals surface area contributed by atoms with E-state index < -0.39 is 30.7 Å². The Kier molecular flexibility index (Phi) is 9.88. The SMILES string of the molecule is CCCC(CCC)CN([C@@H](C)C(=O)O)[P@](=O)(OC[C@@]1(CO)C/C1=C/n1cnc2c(=O)[nH]c(N)nc21)Oc1ccccc1. The van der Waals surface area contributed by atoms with Crippen molar-refractivity contribution in [3.63, 3.8) is 0 Å². The number of carboxylic acid groups (broad SMARTS) is 1. The van der Waals surface area contributed by atoms with E-state index in [0.29, 0.717) is 6.42 Å². The summed E-state index contributed by atoms with van der Waals surface area (Å²) in [5.41, 5.74) is 5.43. The van der Waals surface area contributed by atoms with Crippen LogP contribution in [0.2, 0.25) is 0 Å². The van der Waals surface area contributed by atoms with Crippen molar-refractivity contribution in [1.82, 2.24) is 24.2 Å². The highest BCUT2D eigenvalue weighted by molar-refractivity contribution is 7.51. The number of nitrogens with two attached hydrogens (primary N) is 1. The molecule has 4 rings (SSSR count). The molecule has 2 aromatic heterocycles. The number of carbonyl (C=O) groups is 1. The lowest BCUT2D eigenvalue weighted by Gasteiger charge is -2.35. The van der Waals surface area contributed by atoms with E-state index in [2.05, 4.69) is 28.8 Å². The van der Waals surface area contributed by atoms with Gasteiger partial charge in [0.25, 0.3) is 5.56 Å². The Hall–Kier alpha value is -3.51. The molecule has 0 spiro atoms. The minimum Gasteiger partial charge on any atom is -0.480 e. The first-order valence-corrected chi connectivity index (χ1v) is 15.6. The number of nitrogens with zero attached hydrogens (tertiary/aromatic N) is 4. The number of aromatic amines is 1. The van der Waals surface area contributed by atoms with Gasteiger partial charge in [0.2, 0.25) is 5.95 Å². The van der Waals surface area contributed by atoms with Gasteiger partial charge in [-0.15, -0.1) is 0 Å². The van der Waals surface area contributed by atoms with Crippen molar-refractivity contribution in [3.8, 4) is 5.75 Å². The summed E-state index contributed by atoms with van der Waals surface area (Å²) in [6.07, 6.45) is 6.94. The molecule has 3 aromatic rings. The molecule has 1 aliphatic carbocycles. The number of fused-ring (bicyclic) bond motifs is 1. The maximum absolute atomic E-state index is 14.7. The van der Waals surface area contributed by atoms with Gasteiger partial charge in [-0.2, -0.15) is 9.65 Å². The van der Waals surface area contributed by atoms with Crippen molar-refractivity contribution in [2.24, 2.45) is 11.3 Å². The monoisotopic (exact) mass is 602 g/mol. The second-order valence-electron chi connectivity index (χ2n) is 10.8. The fourth-order valence-corrected chi connectivity index (χ4v) is 7.09. The molecule has 0 saturated heterocycles. The fourth-order valence-electron chi connectivity index (χ4n) is 5.03. The van der Waals surface area contributed by atoms with Gasteiger partial charge >= 0.3 is 13.7 Å². The van der Waals surface area contributed by atoms with Crippen LogP contribution in [0.4, 0.5) is 5.95 Å². The van der Waals surface area contributed by atoms with Crippen molar-refractivity contribution in [3.05, 3.63) is 52.6 Å². The average Bonchev–Trinajstić information content (AvgIpc) is 3.50. The van der Waals surface area contributed by atoms with Crippen LogP contribution in [-0.4, -0.2) is 66.2 Å². The molecule has 1 aliphatic rings. The second-order valence-corrected chi connectivity index (χ2v) is 12.7. The fraction of sp³-hybridized carbons (Fsp3) is 0.500. The van der Waals surface area contributed by atoms with Crippen molar-refractivity contribution < 1.29 is 28.6 Å². The number of benzene rings is 1. The van der Waals surface area contributed by atoms with Crippen molar-refractivity contribution in [2.45, 2.75) is 58.9 Å². The van der Waals surface area contributed by atoms with Crippen LogP contribution in [0.15, 0.2) is 47.0 Å². The lowest BCUT2D eigenvalue weighted by molar-refractivity contribution is -0.141. The zero-order chi connectivity index (χ0) is 30.5. The van der Waals surface area contributed by atoms with Crippen LogP contribution in [0.5, 0.6) is 5.75 Å². The Morgan fingerprint density at radius 2 is 1.98 bits per heavy atom. The minimum atomic E-state index is -4.26. The summed E-state index contributed by atoms with van der Waals surface area (Å²) in [7, 11) is -4.26. The lowest BCUT2D eigenvalue weighted by atomic mass is 9.98. The average molecular weight is 603 g/mol. The number of aliphatic carboxylic acids is 1. The Balaban J connectivity index is 1.66. The minimum absolute atomic E-state index is 0.0590. The summed E-state index contributed by atoms with van der Waals surface area (Å²) in [5, 5.41) is 20.4. The molecular formula is C28H39N6O7P. The predicted octanol–water partition coefficient (Wildman–Crippen LogP) is 4.12. The molecule has 3 atom stereocenters. The van der Waals surface area contributed by atoms with Gasteiger partial charge in [-0.1, -0.05) is 44.9 Å². The molecule has 0 bridgehead atoms. The lowest BCUT2D eigenvalue weighted by Crippen LogP contribution is -2.41. The van der Waals surface area contributed by atoms with Crippen LogP contribution in [-0.2, 0) is 13.9 Å². The van der Waals surface area contributed by atoms with Crippen molar-refractivity contribution >= 4 is 37.0 Å². The van der Waals surface area contributed by atoms with E-state index in [-0.39, 0.29) is 48.5 Å². The molecular weight excluding hydrogens is 563 g/mol. The van der Waals surface area contributed by atoms with E-state index in [1.54, 1.807) is 36.5 Å². The second kappa shape index (κ2) is 13.2. The number of rotatable bonds is 16. The van der Waals surface area contributed by atoms with Gasteiger partial charge in [-0.05, 0) is 49.8 Å². The molecule has 1 aromatic carbocycles. The number of nitrogen functional groups attached to an aromatic ring is 1. The van der Waals surface area contributed by atoms with Crippen LogP contribution < -0.4 is 15.8 Å². The highest BCUT2D eigenvalue weighted by Gasteiger charge is 2.52. The van der Waals surface area contributed by atoms with E-state index in [0.717, 1.165) is 31.3 Å². The molecule has 228 valence electrons. The maximum atomic E-state index is 14.7. The normalized spacial score (nSPS) is 19.8. The summed E-state index contributed by atoms with van der Waals surface area (Å²) >= 11 is 0. The van der Waals surface area contributed by atoms with Crippen LogP contribution >= 0.6 is 7.75 Å². The Morgan fingerprint density at radius 1 is 1.29 bits per heavy atom. The quantitative estimate of drug-likeness (QED) is 0.173. The molecule has 5 N–H and O–H groups in total. The number of hydrogen-bond acceptors (Lipinski definition) is 9. The summed E-state index contributed by atoms with van der Waals surface area (Å²) < 4.78 is 29.6. The standard InChI is InChI=1S/C28H39N6O7P/c1-4-9-20(10-5-2)14-34(19(3)26(37)38)42(39,41-22-11-7-6-8-12-22)40-17-28(16-35)13-21(28)15-33-18-30-23-24(33)31-27(29)32-25(23)36/h6-8,11-12,15,18-20,35H,4-5,9-10,13-14,16-17H2,1-3H3,(H,37,38)(H3,29,31,32,36)/b21-15-/t19-,28-,42-/m0/s1. The topological polar surface area (TPSA) is 186 Å².